The fraction of sp³-hybridized carbons (Fsp3) is 0.667. The van der Waals surface area contributed by atoms with Gasteiger partial charge in [-0.05, 0) is 25.3 Å². The summed E-state index contributed by atoms with van der Waals surface area (Å²) >= 11 is 0. The molecule has 1 fully saturated rings. The lowest BCUT2D eigenvalue weighted by Crippen LogP contribution is -2.12. The number of hydrogen-bond donors (Lipinski definition) is 3. The Balaban J connectivity index is 2.03. The average Bonchev–Trinajstić information content (AvgIpc) is 2.84. The molecule has 13 heavy (non-hydrogen) atoms. The zero-order chi connectivity index (χ0) is 9.26. The van der Waals surface area contributed by atoms with Crippen LogP contribution in [-0.4, -0.2) is 21.9 Å². The predicted octanol–water partition coefficient (Wildman–Crippen LogP) is 0.669. The Morgan fingerprint density at radius 1 is 1.69 bits per heavy atom. The molecule has 1 heterocycles. The van der Waals surface area contributed by atoms with Gasteiger partial charge in [-0.15, -0.1) is 0 Å². The van der Waals surface area contributed by atoms with Crippen LogP contribution in [0.3, 0.4) is 0 Å². The van der Waals surface area contributed by atoms with E-state index < -0.39 is 0 Å². The summed E-state index contributed by atoms with van der Waals surface area (Å²) in [5.74, 6) is 0.683. The molecule has 72 valence electrons. The number of nitrogens with zero attached hydrogens (tertiary/aromatic N) is 1. The van der Waals surface area contributed by atoms with Gasteiger partial charge in [-0.25, -0.2) is 0 Å². The quantitative estimate of drug-likeness (QED) is 0.639. The van der Waals surface area contributed by atoms with Crippen molar-refractivity contribution in [1.29, 1.82) is 0 Å². The maximum atomic E-state index is 8.71. The maximum Gasteiger partial charge on any atom is 0.0793 e. The van der Waals surface area contributed by atoms with E-state index in [1.165, 1.54) is 18.5 Å². The molecule has 1 aromatic rings. The van der Waals surface area contributed by atoms with E-state index in [1.807, 2.05) is 6.07 Å². The van der Waals surface area contributed by atoms with E-state index in [4.69, 9.17) is 10.8 Å². The highest BCUT2D eigenvalue weighted by molar-refractivity contribution is 5.19. The van der Waals surface area contributed by atoms with Crippen LogP contribution in [-0.2, 0) is 0 Å². The average molecular weight is 181 g/mol. The van der Waals surface area contributed by atoms with Crippen LogP contribution in [0.25, 0.3) is 0 Å². The lowest BCUT2D eigenvalue weighted by molar-refractivity contribution is 0.275. The minimum absolute atomic E-state index is 0.118. The zero-order valence-corrected chi connectivity index (χ0v) is 7.53. The molecule has 1 unspecified atom stereocenters. The van der Waals surface area contributed by atoms with E-state index in [0.29, 0.717) is 12.3 Å². The Morgan fingerprint density at radius 3 is 3.08 bits per heavy atom. The van der Waals surface area contributed by atoms with Crippen LogP contribution in [0.2, 0.25) is 0 Å². The second-order valence-electron chi connectivity index (χ2n) is 3.64. The van der Waals surface area contributed by atoms with Gasteiger partial charge >= 0.3 is 0 Å². The van der Waals surface area contributed by atoms with Crippen molar-refractivity contribution < 1.29 is 5.11 Å². The second-order valence-corrected chi connectivity index (χ2v) is 3.64. The predicted molar refractivity (Wildman–Crippen MR) is 49.2 cm³/mol. The largest absolute Gasteiger partial charge is 0.396 e. The monoisotopic (exact) mass is 181 g/mol. The third-order valence-corrected chi connectivity index (χ3v) is 2.45. The Hall–Kier alpha value is -0.870. The van der Waals surface area contributed by atoms with Gasteiger partial charge in [0.15, 0.2) is 0 Å². The molecule has 0 radical (unpaired) electrons. The molecule has 1 aliphatic rings. The molecule has 2 rings (SSSR count). The second kappa shape index (κ2) is 3.47. The molecule has 0 saturated heterocycles. The first-order chi connectivity index (χ1) is 6.31. The number of rotatable bonds is 4. The maximum absolute atomic E-state index is 8.71. The van der Waals surface area contributed by atoms with E-state index in [0.717, 1.165) is 5.69 Å². The summed E-state index contributed by atoms with van der Waals surface area (Å²) in [6, 6.07) is 1.90. The fourth-order valence-corrected chi connectivity index (χ4v) is 1.43. The van der Waals surface area contributed by atoms with Crippen LogP contribution in [0.1, 0.15) is 42.6 Å². The van der Waals surface area contributed by atoms with Gasteiger partial charge in [0.05, 0.1) is 11.7 Å². The zero-order valence-electron chi connectivity index (χ0n) is 7.53. The molecular formula is C9H15N3O. The van der Waals surface area contributed by atoms with Gasteiger partial charge in [-0.2, -0.15) is 5.10 Å². The molecule has 0 aliphatic heterocycles. The molecule has 0 amide bonds. The first-order valence-electron chi connectivity index (χ1n) is 4.73. The molecule has 0 bridgehead atoms. The SMILES string of the molecule is NC(CCO)c1cc(C2CC2)[nH]n1. The molecular weight excluding hydrogens is 166 g/mol. The molecule has 4 heteroatoms. The van der Waals surface area contributed by atoms with Crippen LogP contribution in [0.4, 0.5) is 0 Å². The van der Waals surface area contributed by atoms with E-state index in [1.54, 1.807) is 0 Å². The molecule has 1 saturated carbocycles. The highest BCUT2D eigenvalue weighted by Gasteiger charge is 2.26. The van der Waals surface area contributed by atoms with Gasteiger partial charge in [0.25, 0.3) is 0 Å². The topological polar surface area (TPSA) is 74.9 Å². The number of aromatic nitrogens is 2. The smallest absolute Gasteiger partial charge is 0.0793 e. The summed E-state index contributed by atoms with van der Waals surface area (Å²) in [5, 5.41) is 15.8. The summed E-state index contributed by atoms with van der Waals surface area (Å²) in [4.78, 5) is 0. The van der Waals surface area contributed by atoms with Crippen LogP contribution in [0.5, 0.6) is 0 Å². The standard InChI is InChI=1S/C9H15N3O/c10-7(3-4-13)9-5-8(11-12-9)6-1-2-6/h5-7,13H,1-4,10H2,(H,11,12). The Kier molecular flexibility index (Phi) is 2.33. The van der Waals surface area contributed by atoms with Crippen molar-refractivity contribution in [2.24, 2.45) is 5.73 Å². The summed E-state index contributed by atoms with van der Waals surface area (Å²) in [6.45, 7) is 0.118. The van der Waals surface area contributed by atoms with Crippen molar-refractivity contribution in [3.8, 4) is 0 Å². The molecule has 1 atom stereocenters. The van der Waals surface area contributed by atoms with E-state index >= 15 is 0 Å². The summed E-state index contributed by atoms with van der Waals surface area (Å²) in [7, 11) is 0. The van der Waals surface area contributed by atoms with Crippen molar-refractivity contribution in [3.05, 3.63) is 17.5 Å². The van der Waals surface area contributed by atoms with Gasteiger partial charge < -0.3 is 10.8 Å². The van der Waals surface area contributed by atoms with Gasteiger partial charge in [-0.3, -0.25) is 5.10 Å². The molecule has 0 aromatic carbocycles. The van der Waals surface area contributed by atoms with Crippen molar-refractivity contribution in [2.45, 2.75) is 31.2 Å². The Bertz CT molecular complexity index is 280. The Labute approximate surface area is 77.1 Å². The number of aromatic amines is 1. The number of aliphatic hydroxyl groups excluding tert-OH is 1. The molecule has 1 aromatic heterocycles. The number of nitrogens with one attached hydrogen (secondary N) is 1. The van der Waals surface area contributed by atoms with E-state index in [2.05, 4.69) is 10.2 Å². The summed E-state index contributed by atoms with van der Waals surface area (Å²) < 4.78 is 0. The number of H-pyrrole nitrogens is 1. The van der Waals surface area contributed by atoms with E-state index in [-0.39, 0.29) is 12.6 Å². The number of nitrogens with two attached hydrogens (primary N) is 1. The van der Waals surface area contributed by atoms with E-state index in [9.17, 15) is 0 Å². The van der Waals surface area contributed by atoms with Crippen LogP contribution >= 0.6 is 0 Å². The van der Waals surface area contributed by atoms with Gasteiger partial charge in [-0.1, -0.05) is 0 Å². The highest BCUT2D eigenvalue weighted by Crippen LogP contribution is 2.39. The number of aliphatic hydroxyl groups is 1. The molecule has 1 aliphatic carbocycles. The first kappa shape index (κ1) is 8.72. The lowest BCUT2D eigenvalue weighted by atomic mass is 10.1. The van der Waals surface area contributed by atoms with Gasteiger partial charge in [0.2, 0.25) is 0 Å². The number of hydrogen-bond acceptors (Lipinski definition) is 3. The van der Waals surface area contributed by atoms with Crippen LogP contribution < -0.4 is 5.73 Å². The van der Waals surface area contributed by atoms with Crippen molar-refractivity contribution >= 4 is 0 Å². The highest BCUT2D eigenvalue weighted by atomic mass is 16.3. The molecule has 4 nitrogen and oxygen atoms in total. The minimum atomic E-state index is -0.131. The third-order valence-electron chi connectivity index (χ3n) is 2.45. The molecule has 0 spiro atoms. The normalized spacial score (nSPS) is 18.9. The summed E-state index contributed by atoms with van der Waals surface area (Å²) in [5.41, 5.74) is 7.87. The minimum Gasteiger partial charge on any atom is -0.396 e. The van der Waals surface area contributed by atoms with Crippen LogP contribution in [0.15, 0.2) is 6.07 Å². The fourth-order valence-electron chi connectivity index (χ4n) is 1.43. The Morgan fingerprint density at radius 2 is 2.46 bits per heavy atom. The van der Waals surface area contributed by atoms with Crippen molar-refractivity contribution in [3.63, 3.8) is 0 Å². The third kappa shape index (κ3) is 1.89. The van der Waals surface area contributed by atoms with Gasteiger partial charge in [0, 0.05) is 18.2 Å². The van der Waals surface area contributed by atoms with Gasteiger partial charge in [0.1, 0.15) is 0 Å². The summed E-state index contributed by atoms with van der Waals surface area (Å²) in [6.07, 6.45) is 3.10. The van der Waals surface area contributed by atoms with Crippen LogP contribution in [0, 0.1) is 0 Å². The van der Waals surface area contributed by atoms with Crippen molar-refractivity contribution in [1.82, 2.24) is 10.2 Å². The first-order valence-corrected chi connectivity index (χ1v) is 4.73. The lowest BCUT2D eigenvalue weighted by Gasteiger charge is -2.04. The van der Waals surface area contributed by atoms with Crippen molar-refractivity contribution in [2.75, 3.05) is 6.61 Å². The molecule has 4 N–H and O–H groups in total.